The SMILES string of the molecule is CCNC(=NCCCN1CCOCC1)NCCCCn1c(C)cccc1=O. The van der Waals surface area contributed by atoms with E-state index in [4.69, 9.17) is 4.74 Å². The van der Waals surface area contributed by atoms with Gasteiger partial charge >= 0.3 is 0 Å². The van der Waals surface area contributed by atoms with Gasteiger partial charge in [-0.05, 0) is 39.2 Å². The second-order valence-electron chi connectivity index (χ2n) is 6.86. The first-order valence-electron chi connectivity index (χ1n) is 10.2. The van der Waals surface area contributed by atoms with E-state index in [0.29, 0.717) is 0 Å². The minimum absolute atomic E-state index is 0.0816. The highest BCUT2D eigenvalue weighted by molar-refractivity contribution is 5.79. The molecule has 0 bridgehead atoms. The summed E-state index contributed by atoms with van der Waals surface area (Å²) in [7, 11) is 0. The largest absolute Gasteiger partial charge is 0.379 e. The molecule has 0 atom stereocenters. The summed E-state index contributed by atoms with van der Waals surface area (Å²) in [4.78, 5) is 19.0. The number of pyridine rings is 1. The van der Waals surface area contributed by atoms with E-state index in [1.807, 2.05) is 23.6 Å². The van der Waals surface area contributed by atoms with Gasteiger partial charge in [-0.2, -0.15) is 0 Å². The molecule has 0 spiro atoms. The van der Waals surface area contributed by atoms with Gasteiger partial charge in [-0.15, -0.1) is 0 Å². The zero-order valence-corrected chi connectivity index (χ0v) is 16.9. The van der Waals surface area contributed by atoms with Gasteiger partial charge < -0.3 is 19.9 Å². The van der Waals surface area contributed by atoms with Crippen LogP contribution >= 0.6 is 0 Å². The summed E-state index contributed by atoms with van der Waals surface area (Å²) in [6, 6.07) is 5.42. The van der Waals surface area contributed by atoms with Crippen LogP contribution in [0.15, 0.2) is 28.0 Å². The van der Waals surface area contributed by atoms with Gasteiger partial charge in [0, 0.05) is 57.6 Å². The van der Waals surface area contributed by atoms with Gasteiger partial charge in [-0.1, -0.05) is 6.07 Å². The summed E-state index contributed by atoms with van der Waals surface area (Å²) >= 11 is 0. The van der Waals surface area contributed by atoms with Crippen LogP contribution in [0.5, 0.6) is 0 Å². The molecule has 0 amide bonds. The van der Waals surface area contributed by atoms with Crippen molar-refractivity contribution >= 4 is 5.96 Å². The van der Waals surface area contributed by atoms with Crippen molar-refractivity contribution in [3.8, 4) is 0 Å². The van der Waals surface area contributed by atoms with Crippen molar-refractivity contribution in [2.75, 3.05) is 52.5 Å². The Kier molecular flexibility index (Phi) is 9.94. The lowest BCUT2D eigenvalue weighted by Crippen LogP contribution is -2.38. The van der Waals surface area contributed by atoms with Crippen molar-refractivity contribution in [1.82, 2.24) is 20.1 Å². The molecule has 1 aliphatic rings. The number of ether oxygens (including phenoxy) is 1. The van der Waals surface area contributed by atoms with Crippen molar-refractivity contribution in [2.24, 2.45) is 4.99 Å². The molecule has 2 heterocycles. The van der Waals surface area contributed by atoms with Crippen molar-refractivity contribution in [3.05, 3.63) is 34.2 Å². The lowest BCUT2D eigenvalue weighted by Gasteiger charge is -2.26. The predicted octanol–water partition coefficient (Wildman–Crippen LogP) is 1.21. The van der Waals surface area contributed by atoms with Gasteiger partial charge in [0.25, 0.3) is 5.56 Å². The van der Waals surface area contributed by atoms with Crippen LogP contribution in [0.2, 0.25) is 0 Å². The molecule has 0 aromatic carbocycles. The maximum Gasteiger partial charge on any atom is 0.250 e. The maximum atomic E-state index is 11.9. The third kappa shape index (κ3) is 8.13. The van der Waals surface area contributed by atoms with Gasteiger partial charge in [-0.25, -0.2) is 0 Å². The Morgan fingerprint density at radius 3 is 2.70 bits per heavy atom. The Labute approximate surface area is 162 Å². The normalized spacial score (nSPS) is 15.7. The van der Waals surface area contributed by atoms with Crippen molar-refractivity contribution in [3.63, 3.8) is 0 Å². The van der Waals surface area contributed by atoms with Crippen LogP contribution in [-0.4, -0.2) is 67.9 Å². The number of morpholine rings is 1. The van der Waals surface area contributed by atoms with Gasteiger partial charge in [0.15, 0.2) is 5.96 Å². The van der Waals surface area contributed by atoms with Crippen molar-refractivity contribution in [1.29, 1.82) is 0 Å². The number of nitrogens with zero attached hydrogens (tertiary/aromatic N) is 3. The molecular formula is C20H35N5O2. The lowest BCUT2D eigenvalue weighted by molar-refractivity contribution is 0.0377. The van der Waals surface area contributed by atoms with Crippen molar-refractivity contribution < 1.29 is 4.74 Å². The molecule has 7 heteroatoms. The molecule has 0 aliphatic carbocycles. The fraction of sp³-hybridized carbons (Fsp3) is 0.700. The van der Waals surface area contributed by atoms with E-state index in [-0.39, 0.29) is 5.56 Å². The number of aromatic nitrogens is 1. The predicted molar refractivity (Wildman–Crippen MR) is 111 cm³/mol. The van der Waals surface area contributed by atoms with Gasteiger partial charge in [-0.3, -0.25) is 14.7 Å². The molecule has 0 radical (unpaired) electrons. The molecule has 0 saturated carbocycles. The average molecular weight is 378 g/mol. The third-order valence-corrected chi connectivity index (χ3v) is 4.72. The Balaban J connectivity index is 1.63. The smallest absolute Gasteiger partial charge is 0.250 e. The van der Waals surface area contributed by atoms with Gasteiger partial charge in [0.05, 0.1) is 13.2 Å². The molecule has 1 aromatic heterocycles. The van der Waals surface area contributed by atoms with Crippen LogP contribution in [0.4, 0.5) is 0 Å². The monoisotopic (exact) mass is 377 g/mol. The van der Waals surface area contributed by atoms with E-state index in [0.717, 1.165) is 89.9 Å². The molecule has 1 saturated heterocycles. The third-order valence-electron chi connectivity index (χ3n) is 4.72. The molecule has 2 N–H and O–H groups in total. The van der Waals surface area contributed by atoms with E-state index < -0.39 is 0 Å². The summed E-state index contributed by atoms with van der Waals surface area (Å²) in [6.45, 7) is 12.2. The van der Waals surface area contributed by atoms with Crippen LogP contribution < -0.4 is 16.2 Å². The maximum absolute atomic E-state index is 11.9. The summed E-state index contributed by atoms with van der Waals surface area (Å²) in [6.07, 6.45) is 3.03. The molecule has 2 rings (SSSR count). The summed E-state index contributed by atoms with van der Waals surface area (Å²) < 4.78 is 7.21. The fourth-order valence-corrected chi connectivity index (χ4v) is 3.16. The lowest BCUT2D eigenvalue weighted by atomic mass is 10.3. The van der Waals surface area contributed by atoms with Crippen LogP contribution in [0, 0.1) is 6.92 Å². The molecule has 1 aliphatic heterocycles. The molecule has 27 heavy (non-hydrogen) atoms. The van der Waals surface area contributed by atoms with Crippen LogP contribution in [-0.2, 0) is 11.3 Å². The molecule has 1 aromatic rings. The highest BCUT2D eigenvalue weighted by Crippen LogP contribution is 1.99. The Morgan fingerprint density at radius 2 is 1.96 bits per heavy atom. The van der Waals surface area contributed by atoms with E-state index in [1.54, 1.807) is 6.07 Å². The van der Waals surface area contributed by atoms with E-state index in [1.165, 1.54) is 0 Å². The Hall–Kier alpha value is -1.86. The Bertz CT molecular complexity index is 623. The first kappa shape index (κ1) is 21.4. The highest BCUT2D eigenvalue weighted by Gasteiger charge is 2.09. The second kappa shape index (κ2) is 12.5. The number of guanidine groups is 1. The van der Waals surface area contributed by atoms with E-state index in [9.17, 15) is 4.79 Å². The van der Waals surface area contributed by atoms with E-state index in [2.05, 4.69) is 27.4 Å². The summed E-state index contributed by atoms with van der Waals surface area (Å²) in [5.41, 5.74) is 1.10. The number of unbranched alkanes of at least 4 members (excludes halogenated alkanes) is 1. The quantitative estimate of drug-likeness (QED) is 0.364. The van der Waals surface area contributed by atoms with Crippen molar-refractivity contribution in [2.45, 2.75) is 39.7 Å². The van der Waals surface area contributed by atoms with Crippen LogP contribution in [0.1, 0.15) is 31.9 Å². The first-order chi connectivity index (χ1) is 13.2. The number of hydrogen-bond acceptors (Lipinski definition) is 4. The second-order valence-corrected chi connectivity index (χ2v) is 6.86. The average Bonchev–Trinajstić information content (AvgIpc) is 2.67. The molecule has 1 fully saturated rings. The zero-order chi connectivity index (χ0) is 19.3. The Morgan fingerprint density at radius 1 is 1.15 bits per heavy atom. The van der Waals surface area contributed by atoms with Crippen LogP contribution in [0.25, 0.3) is 0 Å². The first-order valence-corrected chi connectivity index (χ1v) is 10.2. The van der Waals surface area contributed by atoms with Gasteiger partial charge in [0.2, 0.25) is 0 Å². The molecule has 152 valence electrons. The zero-order valence-electron chi connectivity index (χ0n) is 16.9. The minimum atomic E-state index is 0.0816. The molecule has 7 nitrogen and oxygen atoms in total. The number of hydrogen-bond donors (Lipinski definition) is 2. The number of aliphatic imine (C=N–C) groups is 1. The minimum Gasteiger partial charge on any atom is -0.379 e. The fourth-order valence-electron chi connectivity index (χ4n) is 3.16. The topological polar surface area (TPSA) is 70.9 Å². The molecule has 0 unspecified atom stereocenters. The summed E-state index contributed by atoms with van der Waals surface area (Å²) in [5.74, 6) is 0.882. The number of rotatable bonds is 10. The highest BCUT2D eigenvalue weighted by atomic mass is 16.5. The van der Waals surface area contributed by atoms with E-state index >= 15 is 0 Å². The standard InChI is InChI=1S/C20H35N5O2/c1-3-21-20(23-11-7-12-24-14-16-27-17-15-24)22-10-4-5-13-25-18(2)8-6-9-19(25)26/h6,8-9H,3-5,7,10-17H2,1-2H3,(H2,21,22,23). The number of aryl methyl sites for hydroxylation is 1. The number of nitrogens with one attached hydrogen (secondary N) is 2. The summed E-state index contributed by atoms with van der Waals surface area (Å²) in [5, 5.41) is 6.69. The van der Waals surface area contributed by atoms with Crippen LogP contribution in [0.3, 0.4) is 0 Å². The van der Waals surface area contributed by atoms with Gasteiger partial charge in [0.1, 0.15) is 0 Å². The molecular weight excluding hydrogens is 342 g/mol.